The van der Waals surface area contributed by atoms with Crippen LogP contribution in [0.4, 0.5) is 14.5 Å². The van der Waals surface area contributed by atoms with Gasteiger partial charge in [0, 0.05) is 18.7 Å². The summed E-state index contributed by atoms with van der Waals surface area (Å²) in [4.78, 5) is 24.3. The molecule has 1 heterocycles. The van der Waals surface area contributed by atoms with Crippen LogP contribution in [0.3, 0.4) is 0 Å². The number of rotatable bonds is 2. The molecule has 1 N–H and O–H groups in total. The highest BCUT2D eigenvalue weighted by Gasteiger charge is 2.34. The summed E-state index contributed by atoms with van der Waals surface area (Å²) in [7, 11) is 0. The summed E-state index contributed by atoms with van der Waals surface area (Å²) in [5.41, 5.74) is 0.0139. The van der Waals surface area contributed by atoms with E-state index in [0.717, 1.165) is 28.8 Å². The highest BCUT2D eigenvalue weighted by Crippen LogP contribution is 2.27. The molecule has 1 aromatic rings. The van der Waals surface area contributed by atoms with Crippen molar-refractivity contribution in [3.63, 3.8) is 0 Å². The number of benzene rings is 1. The second kappa shape index (κ2) is 5.84. The zero-order valence-electron chi connectivity index (χ0n) is 10.4. The van der Waals surface area contributed by atoms with Crippen molar-refractivity contribution >= 4 is 45.8 Å². The Hall–Kier alpha value is -1.54. The molecule has 1 fully saturated rings. The number of anilines is 1. The van der Waals surface area contributed by atoms with E-state index in [2.05, 4.69) is 5.32 Å². The van der Waals surface area contributed by atoms with Crippen LogP contribution in [0.1, 0.15) is 6.92 Å². The van der Waals surface area contributed by atoms with E-state index >= 15 is 0 Å². The van der Waals surface area contributed by atoms with Gasteiger partial charge >= 0.3 is 0 Å². The summed E-state index contributed by atoms with van der Waals surface area (Å²) < 4.78 is 26.7. The van der Waals surface area contributed by atoms with E-state index in [4.69, 9.17) is 12.2 Å². The second-order valence-corrected chi connectivity index (χ2v) is 5.79. The highest BCUT2D eigenvalue weighted by molar-refractivity contribution is 8.23. The van der Waals surface area contributed by atoms with Crippen molar-refractivity contribution in [1.29, 1.82) is 0 Å². The maximum absolute atomic E-state index is 13.2. The third kappa shape index (κ3) is 3.13. The number of nitrogens with zero attached hydrogens (tertiary/aromatic N) is 1. The lowest BCUT2D eigenvalue weighted by atomic mass is 10.2. The molecule has 1 saturated heterocycles. The Morgan fingerprint density at radius 3 is 2.55 bits per heavy atom. The average Bonchev–Trinajstić information content (AvgIpc) is 2.31. The van der Waals surface area contributed by atoms with Crippen molar-refractivity contribution in [2.24, 2.45) is 0 Å². The van der Waals surface area contributed by atoms with Crippen LogP contribution in [0.5, 0.6) is 0 Å². The maximum Gasteiger partial charge on any atom is 0.256 e. The minimum Gasteiger partial charge on any atom is -0.344 e. The summed E-state index contributed by atoms with van der Waals surface area (Å²) in [6, 6.07) is 1.98. The molecule has 8 heteroatoms. The van der Waals surface area contributed by atoms with Gasteiger partial charge in [-0.25, -0.2) is 8.78 Å². The number of thiocarbonyl (C=S) groups is 1. The third-order valence-electron chi connectivity index (χ3n) is 2.56. The molecule has 0 spiro atoms. The summed E-state index contributed by atoms with van der Waals surface area (Å²) in [6.07, 6.45) is 0. The number of amides is 2. The number of carbonyl (C=O) groups excluding carboxylic acids is 2. The van der Waals surface area contributed by atoms with Gasteiger partial charge in [-0.15, -0.1) is 0 Å². The molecular weight excluding hydrogens is 306 g/mol. The number of hydrogen-bond acceptors (Lipinski definition) is 4. The first-order valence-corrected chi connectivity index (χ1v) is 7.02. The number of thioether (sulfide) groups is 1. The molecule has 2 rings (SSSR count). The number of hydrogen-bond donors (Lipinski definition) is 1. The largest absolute Gasteiger partial charge is 0.344 e. The van der Waals surface area contributed by atoms with Crippen LogP contribution >= 0.6 is 24.0 Å². The van der Waals surface area contributed by atoms with E-state index in [1.165, 1.54) is 6.92 Å². The number of carbonyl (C=O) groups is 2. The standard InChI is InChI=1S/C12H10F2N2O2S2/c1-6(17)15-10-5-20-12(19)16(11(10)18)9-3-7(13)2-8(14)4-9/h2-4,10H,5H2,1H3,(H,15,17). The Morgan fingerprint density at radius 2 is 2.00 bits per heavy atom. The van der Waals surface area contributed by atoms with Gasteiger partial charge in [-0.3, -0.25) is 14.5 Å². The predicted octanol–water partition coefficient (Wildman–Crippen LogP) is 1.83. The lowest BCUT2D eigenvalue weighted by Crippen LogP contribution is -2.54. The van der Waals surface area contributed by atoms with Crippen LogP contribution in [0.25, 0.3) is 0 Å². The topological polar surface area (TPSA) is 49.4 Å². The quantitative estimate of drug-likeness (QED) is 0.846. The highest BCUT2D eigenvalue weighted by atomic mass is 32.2. The van der Waals surface area contributed by atoms with Gasteiger partial charge in [-0.1, -0.05) is 24.0 Å². The molecule has 0 bridgehead atoms. The Morgan fingerprint density at radius 1 is 1.40 bits per heavy atom. The molecule has 2 amide bonds. The average molecular weight is 316 g/mol. The van der Waals surface area contributed by atoms with E-state index in [0.29, 0.717) is 11.8 Å². The first-order valence-electron chi connectivity index (χ1n) is 5.62. The summed E-state index contributed by atoms with van der Waals surface area (Å²) >= 11 is 6.21. The van der Waals surface area contributed by atoms with Gasteiger partial charge in [0.2, 0.25) is 5.91 Å². The fraction of sp³-hybridized carbons (Fsp3) is 0.250. The van der Waals surface area contributed by atoms with Crippen LogP contribution in [-0.2, 0) is 9.59 Å². The fourth-order valence-corrected chi connectivity index (χ4v) is 3.05. The van der Waals surface area contributed by atoms with Crippen molar-refractivity contribution in [1.82, 2.24) is 5.32 Å². The zero-order valence-corrected chi connectivity index (χ0v) is 12.0. The Bertz CT molecular complexity index is 575. The Kier molecular flexibility index (Phi) is 4.34. The first kappa shape index (κ1) is 14.9. The third-order valence-corrected chi connectivity index (χ3v) is 4.02. The van der Waals surface area contributed by atoms with E-state index in [9.17, 15) is 18.4 Å². The van der Waals surface area contributed by atoms with Gasteiger partial charge < -0.3 is 5.32 Å². The smallest absolute Gasteiger partial charge is 0.256 e. The molecule has 0 radical (unpaired) electrons. The molecule has 0 aromatic heterocycles. The molecule has 20 heavy (non-hydrogen) atoms. The van der Waals surface area contributed by atoms with Gasteiger partial charge in [0.05, 0.1) is 5.69 Å². The predicted molar refractivity (Wildman–Crippen MR) is 76.5 cm³/mol. The van der Waals surface area contributed by atoms with Gasteiger partial charge in [0.25, 0.3) is 5.91 Å². The molecule has 0 aliphatic carbocycles. The normalized spacial score (nSPS) is 19.1. The van der Waals surface area contributed by atoms with Crippen LogP contribution < -0.4 is 10.2 Å². The SMILES string of the molecule is CC(=O)NC1CSC(=S)N(c2cc(F)cc(F)c2)C1=O. The minimum absolute atomic E-state index is 0.0139. The summed E-state index contributed by atoms with van der Waals surface area (Å²) in [5.74, 6) is -2.17. The molecule has 106 valence electrons. The van der Waals surface area contributed by atoms with Crippen molar-refractivity contribution in [3.05, 3.63) is 29.8 Å². The van der Waals surface area contributed by atoms with E-state index in [-0.39, 0.29) is 15.9 Å². The molecule has 1 atom stereocenters. The van der Waals surface area contributed by atoms with Crippen LogP contribution in [0, 0.1) is 11.6 Å². The molecule has 1 aliphatic heterocycles. The molecule has 4 nitrogen and oxygen atoms in total. The second-order valence-electron chi connectivity index (χ2n) is 4.13. The minimum atomic E-state index is -0.803. The lowest BCUT2D eigenvalue weighted by molar-refractivity contribution is -0.125. The van der Waals surface area contributed by atoms with Crippen molar-refractivity contribution < 1.29 is 18.4 Å². The van der Waals surface area contributed by atoms with Gasteiger partial charge in [-0.2, -0.15) is 0 Å². The Labute approximate surface area is 123 Å². The van der Waals surface area contributed by atoms with Crippen LogP contribution in [0.15, 0.2) is 18.2 Å². The maximum atomic E-state index is 13.2. The Balaban J connectivity index is 2.34. The van der Waals surface area contributed by atoms with Gasteiger partial charge in [0.15, 0.2) is 0 Å². The summed E-state index contributed by atoms with van der Waals surface area (Å²) in [5, 5.41) is 2.48. The van der Waals surface area contributed by atoms with E-state index in [1.807, 2.05) is 0 Å². The monoisotopic (exact) mass is 316 g/mol. The zero-order chi connectivity index (χ0) is 14.9. The number of halogens is 2. The fourth-order valence-electron chi connectivity index (χ4n) is 1.79. The van der Waals surface area contributed by atoms with Crippen LogP contribution in [0.2, 0.25) is 0 Å². The van der Waals surface area contributed by atoms with Gasteiger partial charge in [0.1, 0.15) is 22.0 Å². The molecule has 1 aliphatic rings. The molecular formula is C12H10F2N2O2S2. The molecule has 1 unspecified atom stereocenters. The van der Waals surface area contributed by atoms with Crippen molar-refractivity contribution in [3.8, 4) is 0 Å². The van der Waals surface area contributed by atoms with E-state index < -0.39 is 23.6 Å². The van der Waals surface area contributed by atoms with E-state index in [1.54, 1.807) is 0 Å². The van der Waals surface area contributed by atoms with Crippen LogP contribution in [-0.4, -0.2) is 27.9 Å². The van der Waals surface area contributed by atoms with Crippen molar-refractivity contribution in [2.45, 2.75) is 13.0 Å². The number of nitrogens with one attached hydrogen (secondary N) is 1. The summed E-state index contributed by atoms with van der Waals surface area (Å²) in [6.45, 7) is 1.29. The lowest BCUT2D eigenvalue weighted by Gasteiger charge is -2.32. The van der Waals surface area contributed by atoms with Gasteiger partial charge in [-0.05, 0) is 12.1 Å². The first-order chi connectivity index (χ1) is 9.38. The molecule has 0 saturated carbocycles. The molecule has 1 aromatic carbocycles. The van der Waals surface area contributed by atoms with Crippen molar-refractivity contribution in [2.75, 3.05) is 10.7 Å².